The number of hydrogen-bond donors (Lipinski definition) is 0. The van der Waals surface area contributed by atoms with Gasteiger partial charge in [-0.2, -0.15) is 0 Å². The van der Waals surface area contributed by atoms with Crippen molar-refractivity contribution < 1.29 is 0 Å². The lowest BCUT2D eigenvalue weighted by Crippen LogP contribution is -2.20. The average Bonchev–Trinajstić information content (AvgIpc) is 2.43. The van der Waals surface area contributed by atoms with Crippen molar-refractivity contribution in [2.75, 3.05) is 6.16 Å². The van der Waals surface area contributed by atoms with Crippen LogP contribution in [-0.4, -0.2) is 6.16 Å². The molecule has 0 amide bonds. The average molecular weight is 296 g/mol. The van der Waals surface area contributed by atoms with Crippen molar-refractivity contribution in [3.05, 3.63) is 70.8 Å². The van der Waals surface area contributed by atoms with Gasteiger partial charge in [-0.1, -0.05) is 48.6 Å². The highest BCUT2D eigenvalue weighted by Gasteiger charge is 2.19. The van der Waals surface area contributed by atoms with Crippen molar-refractivity contribution >= 4 is 18.5 Å². The molecule has 0 nitrogen and oxygen atoms in total. The van der Waals surface area contributed by atoms with E-state index in [2.05, 4.69) is 77.6 Å². The monoisotopic (exact) mass is 296 g/mol. The van der Waals surface area contributed by atoms with Gasteiger partial charge in [-0.3, -0.25) is 0 Å². The summed E-state index contributed by atoms with van der Waals surface area (Å²) in [5, 5.41) is 3.00. The third-order valence-electron chi connectivity index (χ3n) is 4.16. The summed E-state index contributed by atoms with van der Waals surface area (Å²) >= 11 is 0. The predicted molar refractivity (Wildman–Crippen MR) is 97.7 cm³/mol. The molecule has 2 aromatic carbocycles. The Morgan fingerprint density at radius 2 is 1.29 bits per heavy atom. The standard InChI is InChI=1S/C20H25P/c1-14(2)13-21(19-11-7-9-15(3)17(19)5)20-12-8-10-16(4)18(20)6/h7-12H,1,13H2,2-6H3. The summed E-state index contributed by atoms with van der Waals surface area (Å²) in [6, 6.07) is 13.4. The smallest absolute Gasteiger partial charge is 0.00392 e. The van der Waals surface area contributed by atoms with Crippen LogP contribution in [0.25, 0.3) is 0 Å². The molecule has 0 aliphatic rings. The Labute approximate surface area is 130 Å². The summed E-state index contributed by atoms with van der Waals surface area (Å²) < 4.78 is 0. The molecule has 0 aromatic heterocycles. The van der Waals surface area contributed by atoms with E-state index < -0.39 is 0 Å². The van der Waals surface area contributed by atoms with E-state index >= 15 is 0 Å². The molecule has 0 unspecified atom stereocenters. The first-order valence-corrected chi connectivity index (χ1v) is 8.99. The zero-order valence-corrected chi connectivity index (χ0v) is 14.7. The molecule has 21 heavy (non-hydrogen) atoms. The molecule has 0 radical (unpaired) electrons. The molecule has 2 aromatic rings. The maximum atomic E-state index is 4.17. The molecule has 0 spiro atoms. The van der Waals surface area contributed by atoms with E-state index in [1.54, 1.807) is 0 Å². The Morgan fingerprint density at radius 3 is 1.67 bits per heavy atom. The number of aryl methyl sites for hydroxylation is 2. The minimum Gasteiger partial charge on any atom is -0.0998 e. The van der Waals surface area contributed by atoms with Gasteiger partial charge in [0.2, 0.25) is 0 Å². The zero-order chi connectivity index (χ0) is 15.6. The number of hydrogen-bond acceptors (Lipinski definition) is 0. The third-order valence-corrected chi connectivity index (χ3v) is 7.15. The van der Waals surface area contributed by atoms with Crippen molar-refractivity contribution in [3.8, 4) is 0 Å². The van der Waals surface area contributed by atoms with Gasteiger partial charge in [0.05, 0.1) is 0 Å². The molecule has 110 valence electrons. The second-order valence-corrected chi connectivity index (χ2v) is 8.12. The van der Waals surface area contributed by atoms with Gasteiger partial charge in [0.1, 0.15) is 0 Å². The summed E-state index contributed by atoms with van der Waals surface area (Å²) in [7, 11) is -0.364. The molecule has 0 fully saturated rings. The molecular weight excluding hydrogens is 271 g/mol. The van der Waals surface area contributed by atoms with Gasteiger partial charge < -0.3 is 0 Å². The first kappa shape index (κ1) is 16.0. The highest BCUT2D eigenvalue weighted by atomic mass is 31.1. The molecule has 0 aliphatic carbocycles. The maximum Gasteiger partial charge on any atom is -0.00392 e. The van der Waals surface area contributed by atoms with E-state index in [9.17, 15) is 0 Å². The minimum atomic E-state index is -0.364. The zero-order valence-electron chi connectivity index (χ0n) is 13.8. The summed E-state index contributed by atoms with van der Waals surface area (Å²) in [5.41, 5.74) is 6.90. The van der Waals surface area contributed by atoms with E-state index in [-0.39, 0.29) is 7.92 Å². The van der Waals surface area contributed by atoms with Crippen LogP contribution in [0, 0.1) is 27.7 Å². The van der Waals surface area contributed by atoms with Gasteiger partial charge in [-0.15, -0.1) is 0 Å². The van der Waals surface area contributed by atoms with E-state index in [0.717, 1.165) is 6.16 Å². The van der Waals surface area contributed by atoms with E-state index in [0.29, 0.717) is 0 Å². The molecule has 2 rings (SSSR count). The van der Waals surface area contributed by atoms with Crippen LogP contribution >= 0.6 is 7.92 Å². The van der Waals surface area contributed by atoms with Crippen molar-refractivity contribution in [1.29, 1.82) is 0 Å². The Morgan fingerprint density at radius 1 is 0.857 bits per heavy atom. The van der Waals surface area contributed by atoms with Crippen molar-refractivity contribution in [2.24, 2.45) is 0 Å². The van der Waals surface area contributed by atoms with Crippen LogP contribution in [0.3, 0.4) is 0 Å². The third kappa shape index (κ3) is 3.44. The van der Waals surface area contributed by atoms with E-state index in [4.69, 9.17) is 0 Å². The van der Waals surface area contributed by atoms with E-state index in [1.165, 1.54) is 38.4 Å². The SMILES string of the molecule is C=C(C)CP(c1cccc(C)c1C)c1cccc(C)c1C. The fourth-order valence-corrected chi connectivity index (χ4v) is 5.46. The van der Waals surface area contributed by atoms with Crippen molar-refractivity contribution in [2.45, 2.75) is 34.6 Å². The highest BCUT2D eigenvalue weighted by Crippen LogP contribution is 2.38. The van der Waals surface area contributed by atoms with Crippen LogP contribution in [0.15, 0.2) is 48.6 Å². The summed E-state index contributed by atoms with van der Waals surface area (Å²) in [6.07, 6.45) is 1.07. The van der Waals surface area contributed by atoms with Crippen LogP contribution in [0.1, 0.15) is 29.2 Å². The molecule has 0 N–H and O–H groups in total. The van der Waals surface area contributed by atoms with E-state index in [1.807, 2.05) is 0 Å². The summed E-state index contributed by atoms with van der Waals surface area (Å²) in [6.45, 7) is 15.2. The van der Waals surface area contributed by atoms with Gasteiger partial charge in [0.15, 0.2) is 0 Å². The molecule has 0 saturated heterocycles. The minimum absolute atomic E-state index is 0.364. The molecule has 0 atom stereocenters. The van der Waals surface area contributed by atoms with Crippen LogP contribution in [-0.2, 0) is 0 Å². The van der Waals surface area contributed by atoms with Crippen LogP contribution in [0.4, 0.5) is 0 Å². The quantitative estimate of drug-likeness (QED) is 0.554. The highest BCUT2D eigenvalue weighted by molar-refractivity contribution is 7.73. The van der Waals surface area contributed by atoms with Gasteiger partial charge in [0.25, 0.3) is 0 Å². The second kappa shape index (κ2) is 6.58. The fraction of sp³-hybridized carbons (Fsp3) is 0.300. The first-order valence-electron chi connectivity index (χ1n) is 7.46. The number of benzene rings is 2. The normalized spacial score (nSPS) is 11.0. The predicted octanol–water partition coefficient (Wildman–Crippen LogP) is 4.93. The summed E-state index contributed by atoms with van der Waals surface area (Å²) in [5.74, 6) is 0. The number of rotatable bonds is 4. The molecular formula is C20H25P. The van der Waals surface area contributed by atoms with Crippen molar-refractivity contribution in [3.63, 3.8) is 0 Å². The van der Waals surface area contributed by atoms with Gasteiger partial charge in [-0.25, -0.2) is 0 Å². The Bertz CT molecular complexity index is 616. The fourth-order valence-electron chi connectivity index (χ4n) is 2.63. The number of allylic oxidation sites excluding steroid dienone is 1. The molecule has 0 heterocycles. The Balaban J connectivity index is 2.61. The summed E-state index contributed by atoms with van der Waals surface area (Å²) in [4.78, 5) is 0. The van der Waals surface area contributed by atoms with Crippen molar-refractivity contribution in [1.82, 2.24) is 0 Å². The topological polar surface area (TPSA) is 0 Å². The van der Waals surface area contributed by atoms with Crippen LogP contribution in [0.2, 0.25) is 0 Å². The molecule has 0 aliphatic heterocycles. The second-order valence-electron chi connectivity index (χ2n) is 5.98. The van der Waals surface area contributed by atoms with Gasteiger partial charge in [0, 0.05) is 0 Å². The van der Waals surface area contributed by atoms with Crippen LogP contribution in [0.5, 0.6) is 0 Å². The molecule has 0 saturated carbocycles. The van der Waals surface area contributed by atoms with Crippen LogP contribution < -0.4 is 10.6 Å². The lowest BCUT2D eigenvalue weighted by atomic mass is 10.1. The van der Waals surface area contributed by atoms with Gasteiger partial charge >= 0.3 is 0 Å². The first-order chi connectivity index (χ1) is 9.91. The Kier molecular flexibility index (Phi) is 5.01. The largest absolute Gasteiger partial charge is 0.0998 e. The maximum absolute atomic E-state index is 4.17. The molecule has 1 heteroatoms. The van der Waals surface area contributed by atoms with Gasteiger partial charge in [-0.05, 0) is 81.6 Å². The lowest BCUT2D eigenvalue weighted by Gasteiger charge is -2.24. The lowest BCUT2D eigenvalue weighted by molar-refractivity contribution is 1.35. The molecule has 0 bridgehead atoms. The Hall–Kier alpha value is -1.39.